The van der Waals surface area contributed by atoms with Crippen LogP contribution in [0.15, 0.2) is 144 Å². The molecule has 0 fully saturated rings. The van der Waals surface area contributed by atoms with Crippen LogP contribution in [0.25, 0.3) is 16.7 Å². The van der Waals surface area contributed by atoms with Crippen molar-refractivity contribution >= 4 is 103 Å². The Hall–Kier alpha value is -7.69. The average Bonchev–Trinajstić information content (AvgIpc) is 1.70. The van der Waals surface area contributed by atoms with E-state index in [1.807, 2.05) is 91.0 Å². The molecule has 9 rings (SSSR count). The normalized spacial score (nSPS) is 18.7. The molecule has 0 spiro atoms. The molecule has 4 aromatic carbocycles. The second-order valence-electron chi connectivity index (χ2n) is 21.2. The first-order chi connectivity index (χ1) is 39.9. The summed E-state index contributed by atoms with van der Waals surface area (Å²) in [5.74, 6) is 0.434. The minimum Gasteiger partial charge on any atom is -0.381 e. The highest BCUT2D eigenvalue weighted by Crippen LogP contribution is 2.44. The van der Waals surface area contributed by atoms with Crippen molar-refractivity contribution in [1.82, 2.24) is 15.6 Å². The molecule has 7 N–H and O–H groups in total. The number of aromatic nitrogens is 1. The second kappa shape index (κ2) is 37.3. The molecule has 4 amide bonds. The van der Waals surface area contributed by atoms with Crippen molar-refractivity contribution in [3.05, 3.63) is 172 Å². The zero-order valence-electron chi connectivity index (χ0n) is 47.3. The lowest BCUT2D eigenvalue weighted by molar-refractivity contribution is -0.117. The quantitative estimate of drug-likeness (QED) is 0.0327. The fourth-order valence-corrected chi connectivity index (χ4v) is 12.5. The number of unbranched alkanes of at least 4 members (excludes halogenated alkanes) is 2. The lowest BCUT2D eigenvalue weighted by Crippen LogP contribution is -2.37. The van der Waals surface area contributed by atoms with Gasteiger partial charge in [-0.05, 0) is 93.0 Å². The molecular formula is C73H102N8O6S2. The van der Waals surface area contributed by atoms with Crippen molar-refractivity contribution in [2.45, 2.75) is 187 Å². The van der Waals surface area contributed by atoms with Gasteiger partial charge in [0.05, 0.1) is 12.1 Å². The molecule has 0 saturated heterocycles. The van der Waals surface area contributed by atoms with Crippen molar-refractivity contribution in [3.63, 3.8) is 0 Å². The van der Waals surface area contributed by atoms with Gasteiger partial charge in [0, 0.05) is 147 Å². The number of fused-ring (bicyclic) bond motifs is 7. The predicted molar refractivity (Wildman–Crippen MR) is 382 cm³/mol. The third-order valence-corrected chi connectivity index (χ3v) is 17.0. The number of hydrogen-bond acceptors (Lipinski definition) is 11. The molecule has 8 bridgehead atoms. The molecule has 2 unspecified atom stereocenters. The van der Waals surface area contributed by atoms with Crippen molar-refractivity contribution in [1.29, 1.82) is 0 Å². The fourth-order valence-electron chi connectivity index (χ4n) is 11.3. The zero-order chi connectivity index (χ0) is 57.5. The highest BCUT2D eigenvalue weighted by atomic mass is 32.2. The number of thioether (sulfide) groups is 2. The minimum atomic E-state index is -0.459. The molecule has 0 aliphatic carbocycles. The molecule has 5 aromatic rings. The van der Waals surface area contributed by atoms with Gasteiger partial charge in [-0.3, -0.25) is 33.8 Å². The van der Waals surface area contributed by atoms with Gasteiger partial charge < -0.3 is 36.9 Å². The SMILES string of the molecule is C.C.C.C.C.C.C.CCCCC(=O)Nc1ccccc1/C1=C2\C=CC(N2)/C(c2ccccc2NC(=O)CCCSC(C)=O)=c2/cc/c([nH]2)=C(\c2ccccc2NC(=O)CCCSC(C)=O)C2=N[C@@H](CC2)[C@@H](c2ccccc2NC(=O)CCCC)C2CC=C1N2. The molecule has 0 radical (unpaired) electrons. The summed E-state index contributed by atoms with van der Waals surface area (Å²) < 4.78 is 0. The third kappa shape index (κ3) is 19.7. The molecule has 4 aliphatic rings. The Labute approximate surface area is 540 Å². The van der Waals surface area contributed by atoms with E-state index in [9.17, 15) is 28.8 Å². The Kier molecular flexibility index (Phi) is 32.5. The molecule has 14 nitrogen and oxygen atoms in total. The monoisotopic (exact) mass is 1250 g/mol. The zero-order valence-corrected chi connectivity index (χ0v) is 48.9. The Balaban J connectivity index is 0.00000386. The summed E-state index contributed by atoms with van der Waals surface area (Å²) in [4.78, 5) is 87.9. The highest BCUT2D eigenvalue weighted by Gasteiger charge is 2.39. The van der Waals surface area contributed by atoms with Gasteiger partial charge in [0.25, 0.3) is 0 Å². The molecule has 1 aromatic heterocycles. The summed E-state index contributed by atoms with van der Waals surface area (Å²) in [5.41, 5.74) is 11.2. The summed E-state index contributed by atoms with van der Waals surface area (Å²) in [6, 6.07) is 34.8. The number of rotatable bonds is 22. The van der Waals surface area contributed by atoms with Crippen LogP contribution in [0.3, 0.4) is 0 Å². The van der Waals surface area contributed by atoms with Crippen LogP contribution in [0.2, 0.25) is 0 Å². The summed E-state index contributed by atoms with van der Waals surface area (Å²) in [5, 5.41) is 22.6. The van der Waals surface area contributed by atoms with Crippen LogP contribution in [0.1, 0.15) is 191 Å². The van der Waals surface area contributed by atoms with E-state index in [1.54, 1.807) is 0 Å². The van der Waals surface area contributed by atoms with Crippen LogP contribution < -0.4 is 42.6 Å². The molecule has 16 heteroatoms. The van der Waals surface area contributed by atoms with Crippen molar-refractivity contribution in [2.24, 2.45) is 4.99 Å². The first-order valence-corrected chi connectivity index (χ1v) is 30.9. The van der Waals surface area contributed by atoms with Gasteiger partial charge in [0.15, 0.2) is 10.2 Å². The van der Waals surface area contributed by atoms with Crippen molar-refractivity contribution in [2.75, 3.05) is 32.8 Å². The standard InChI is InChI=1S/C66H74N8O6S2.7CH4/c1-5-7-27-59(77)71-47-23-13-9-19-43(47)63-51-31-32-52(67-51)64(44-20-10-14-24-48(44)72-60(78)28-8-6-2)54-34-36-56(69-54)66(46-22-12-16-26-50(46)74-62(80)30-18-40-82-42(4)76)58-38-37-57(70-58)65(55-35-33-53(63)68-55)45-21-11-15-25-49(45)73-61(79)29-17-39-81-41(3)75;;;;;;;/h9-16,19-26,31,33,35,37-38,52,54-55,64,67-68,70H,5-8,17-18,27-30,32,34,36,39-40H2,1-4H3,(H,71,77)(H,72,78)(H,73,79)(H,74,80);7*1H4/b63-53-,65-57-,66-58-;;;;;;;/t52?,54-,55?,64-;;;;;;;/m0......./s1. The number of nitrogens with zero attached hydrogens (tertiary/aromatic N) is 1. The Bertz CT molecular complexity index is 3490. The lowest BCUT2D eigenvalue weighted by atomic mass is 9.82. The van der Waals surface area contributed by atoms with Gasteiger partial charge in [-0.1, -0.05) is 187 Å². The van der Waals surface area contributed by atoms with Gasteiger partial charge >= 0.3 is 0 Å². The highest BCUT2D eigenvalue weighted by molar-refractivity contribution is 8.13. The van der Waals surface area contributed by atoms with E-state index in [2.05, 4.69) is 87.2 Å². The lowest BCUT2D eigenvalue weighted by Gasteiger charge is -2.31. The van der Waals surface area contributed by atoms with E-state index in [-0.39, 0.29) is 117 Å². The third-order valence-electron chi connectivity index (χ3n) is 15.2. The van der Waals surface area contributed by atoms with E-state index >= 15 is 0 Å². The minimum absolute atomic E-state index is 0. The van der Waals surface area contributed by atoms with E-state index in [0.29, 0.717) is 73.5 Å². The van der Waals surface area contributed by atoms with Crippen LogP contribution in [0.4, 0.5) is 22.7 Å². The summed E-state index contributed by atoms with van der Waals surface area (Å²) >= 11 is 2.43. The number of benzene rings is 4. The predicted octanol–water partition coefficient (Wildman–Crippen LogP) is 15.7. The summed E-state index contributed by atoms with van der Waals surface area (Å²) in [6.45, 7) is 7.22. The van der Waals surface area contributed by atoms with Crippen molar-refractivity contribution < 1.29 is 28.8 Å². The van der Waals surface area contributed by atoms with Crippen molar-refractivity contribution in [3.8, 4) is 0 Å². The second-order valence-corrected chi connectivity index (χ2v) is 23.7. The molecule has 4 atom stereocenters. The van der Waals surface area contributed by atoms with Crippen LogP contribution in [0, 0.1) is 0 Å². The van der Waals surface area contributed by atoms with Gasteiger partial charge in [-0.25, -0.2) is 0 Å². The molecular weight excluding hydrogens is 1150 g/mol. The number of carbonyl (C=O) groups excluding carboxylic acids is 6. The maximum Gasteiger partial charge on any atom is 0.224 e. The molecule has 5 heterocycles. The number of nitrogens with one attached hydrogen (secondary N) is 7. The Morgan fingerprint density at radius 2 is 1.00 bits per heavy atom. The number of aliphatic imine (C=N–C) groups is 1. The fraction of sp³-hybridized carbons (Fsp3) is 0.411. The Morgan fingerprint density at radius 1 is 0.539 bits per heavy atom. The number of anilines is 4. The van der Waals surface area contributed by atoms with E-state index in [1.165, 1.54) is 37.4 Å². The number of aromatic amines is 1. The first-order valence-electron chi connectivity index (χ1n) is 28.9. The van der Waals surface area contributed by atoms with Crippen LogP contribution in [-0.2, 0) is 28.8 Å². The molecule has 482 valence electrons. The van der Waals surface area contributed by atoms with Gasteiger partial charge in [0.1, 0.15) is 0 Å². The Morgan fingerprint density at radius 3 is 1.54 bits per heavy atom. The molecule has 4 aliphatic heterocycles. The van der Waals surface area contributed by atoms with E-state index in [4.69, 9.17) is 4.99 Å². The summed E-state index contributed by atoms with van der Waals surface area (Å²) in [6.07, 6.45) is 14.1. The maximum absolute atomic E-state index is 13.8. The molecule has 0 saturated carbocycles. The van der Waals surface area contributed by atoms with Gasteiger partial charge in [0.2, 0.25) is 23.6 Å². The number of carbonyl (C=O) groups is 6. The van der Waals surface area contributed by atoms with Crippen LogP contribution in [0.5, 0.6) is 0 Å². The number of allylic oxidation sites excluding steroid dienone is 2. The largest absolute Gasteiger partial charge is 0.381 e. The summed E-state index contributed by atoms with van der Waals surface area (Å²) in [7, 11) is 0. The smallest absolute Gasteiger partial charge is 0.224 e. The topological polar surface area (TPSA) is 203 Å². The maximum atomic E-state index is 13.8. The van der Waals surface area contributed by atoms with Gasteiger partial charge in [-0.15, -0.1) is 0 Å². The van der Waals surface area contributed by atoms with Gasteiger partial charge in [-0.2, -0.15) is 0 Å². The average molecular weight is 1250 g/mol. The van der Waals surface area contributed by atoms with E-state index in [0.717, 1.165) is 98.1 Å². The van der Waals surface area contributed by atoms with E-state index < -0.39 is 6.04 Å². The first kappa shape index (κ1) is 77.4. The number of H-pyrrole nitrogens is 1. The number of hydrogen-bond donors (Lipinski definition) is 7. The van der Waals surface area contributed by atoms with Crippen LogP contribution >= 0.6 is 23.5 Å². The number of amides is 4. The molecule has 89 heavy (non-hydrogen) atoms. The number of para-hydroxylation sites is 4. The van der Waals surface area contributed by atoms with Crippen LogP contribution in [-0.4, -0.2) is 74.2 Å².